The number of hydrogen-bond donors (Lipinski definition) is 3. The molecule has 1 aromatic carbocycles. The van der Waals surface area contributed by atoms with E-state index in [0.717, 1.165) is 59.0 Å². The number of carbonyl (C=O) groups is 4. The first-order valence-electron chi connectivity index (χ1n) is 14.8. The second kappa shape index (κ2) is 18.6. The Bertz CT molecular complexity index is 1370. The van der Waals surface area contributed by atoms with Crippen molar-refractivity contribution in [3.05, 3.63) is 63.8 Å². The summed E-state index contributed by atoms with van der Waals surface area (Å²) in [6.45, 7) is 6.52. The van der Waals surface area contributed by atoms with Crippen LogP contribution in [0.1, 0.15) is 62.4 Å². The van der Waals surface area contributed by atoms with E-state index in [9.17, 15) is 29.3 Å². The number of unbranched alkanes of at least 4 members (excludes halogenated alkanes) is 2. The molecule has 1 atom stereocenters. The third-order valence-corrected chi connectivity index (χ3v) is 9.70. The Morgan fingerprint density at radius 2 is 1.93 bits per heavy atom. The summed E-state index contributed by atoms with van der Waals surface area (Å²) in [5.41, 5.74) is 0.185. The maximum absolute atomic E-state index is 13.2. The number of nitrogens with one attached hydrogen (secondary N) is 3. The Balaban J connectivity index is 1.49. The van der Waals surface area contributed by atoms with E-state index in [1.165, 1.54) is 18.3 Å². The first-order chi connectivity index (χ1) is 21.9. The summed E-state index contributed by atoms with van der Waals surface area (Å²) in [4.78, 5) is 67.2. The average molecular weight is 693 g/mol. The highest BCUT2D eigenvalue weighted by Gasteiger charge is 2.26. The molecule has 13 nitrogen and oxygen atoms in total. The van der Waals surface area contributed by atoms with Crippen molar-refractivity contribution >= 4 is 62.9 Å². The van der Waals surface area contributed by atoms with Crippen molar-refractivity contribution in [3.63, 3.8) is 0 Å². The molecule has 16 heteroatoms. The van der Waals surface area contributed by atoms with Gasteiger partial charge in [-0.15, -0.1) is 11.8 Å². The number of ether oxygens (including phenoxy) is 1. The molecule has 0 aliphatic carbocycles. The topological polar surface area (TPSA) is 173 Å². The zero-order valence-corrected chi connectivity index (χ0v) is 28.6. The molecule has 2 aromatic rings. The van der Waals surface area contributed by atoms with Gasteiger partial charge in [-0.05, 0) is 68.2 Å². The highest BCUT2D eigenvalue weighted by atomic mass is 33.1. The smallest absolute Gasteiger partial charge is 0.408 e. The number of thioether (sulfide) groups is 1. The maximum atomic E-state index is 13.2. The monoisotopic (exact) mass is 692 g/mol. The lowest BCUT2D eigenvalue weighted by Crippen LogP contribution is -2.49. The van der Waals surface area contributed by atoms with Gasteiger partial charge in [-0.2, -0.15) is 0 Å². The summed E-state index contributed by atoms with van der Waals surface area (Å²) in [7, 11) is 2.16. The van der Waals surface area contributed by atoms with Crippen LogP contribution in [0.4, 0.5) is 10.5 Å². The fourth-order valence-electron chi connectivity index (χ4n) is 4.16. The molecular formula is C30H40N6O7S3. The number of nitrogens with zero attached hydrogens (tertiary/aromatic N) is 3. The first kappa shape index (κ1) is 37.0. The van der Waals surface area contributed by atoms with E-state index in [1.807, 2.05) is 4.90 Å². The molecular weight excluding hydrogens is 653 g/mol. The molecule has 1 unspecified atom stereocenters. The molecule has 1 aliphatic rings. The summed E-state index contributed by atoms with van der Waals surface area (Å²) in [6, 6.07) is 8.65. The van der Waals surface area contributed by atoms with Gasteiger partial charge in [0.25, 0.3) is 5.91 Å². The standard InChI is InChI=1S/C30H40N6O7S3/c1-30(2,3)43-29(40)34-23(19-45-46-28-24(36(41)42)11-8-14-32-28)27(39)33-18-21-9-7-10-22(17-21)26(38)31-13-6-4-5-12-25(37)35-15-16-44-20-35/h7-11,14,17,23H,4-6,12-13,15-16,18-20H2,1-3H3,(H,31,38)(H,33,39)(H,34,40). The van der Waals surface area contributed by atoms with E-state index < -0.39 is 28.6 Å². The Labute approximate surface area is 280 Å². The molecule has 1 aromatic heterocycles. The SMILES string of the molecule is CC(C)(C)OC(=O)NC(CSSc1ncccc1[N+](=O)[O-])C(=O)NCc1cccc(C(=O)NCCCCCC(=O)N2CCSC2)c1. The molecule has 3 N–H and O–H groups in total. The van der Waals surface area contributed by atoms with Crippen LogP contribution in [0.3, 0.4) is 0 Å². The Kier molecular flexibility index (Phi) is 14.9. The summed E-state index contributed by atoms with van der Waals surface area (Å²) < 4.78 is 5.31. The van der Waals surface area contributed by atoms with Gasteiger partial charge in [-0.1, -0.05) is 29.3 Å². The van der Waals surface area contributed by atoms with Crippen molar-refractivity contribution in [1.29, 1.82) is 0 Å². The van der Waals surface area contributed by atoms with Crippen LogP contribution in [0.2, 0.25) is 0 Å². The van der Waals surface area contributed by atoms with E-state index in [2.05, 4.69) is 20.9 Å². The lowest BCUT2D eigenvalue weighted by molar-refractivity contribution is -0.388. The fourth-order valence-corrected chi connectivity index (χ4v) is 7.35. The highest BCUT2D eigenvalue weighted by Crippen LogP contribution is 2.35. The van der Waals surface area contributed by atoms with Crippen molar-refractivity contribution in [2.75, 3.05) is 30.5 Å². The Morgan fingerprint density at radius 3 is 2.65 bits per heavy atom. The van der Waals surface area contributed by atoms with Gasteiger partial charge in [0, 0.05) is 55.4 Å². The summed E-state index contributed by atoms with van der Waals surface area (Å²) >= 11 is 1.77. The minimum absolute atomic E-state index is 0.0669. The molecule has 0 radical (unpaired) electrons. The van der Waals surface area contributed by atoms with Crippen LogP contribution < -0.4 is 16.0 Å². The maximum Gasteiger partial charge on any atom is 0.408 e. The molecule has 0 bridgehead atoms. The number of hydrogen-bond acceptors (Lipinski definition) is 11. The van der Waals surface area contributed by atoms with Crippen LogP contribution in [-0.2, 0) is 20.9 Å². The zero-order chi connectivity index (χ0) is 33.5. The van der Waals surface area contributed by atoms with Gasteiger partial charge in [0.15, 0.2) is 5.03 Å². The highest BCUT2D eigenvalue weighted by molar-refractivity contribution is 8.76. The normalized spacial score (nSPS) is 13.5. The Morgan fingerprint density at radius 1 is 1.13 bits per heavy atom. The van der Waals surface area contributed by atoms with Crippen molar-refractivity contribution in [2.24, 2.45) is 0 Å². The minimum Gasteiger partial charge on any atom is -0.444 e. The van der Waals surface area contributed by atoms with Gasteiger partial charge < -0.3 is 25.6 Å². The third-order valence-electron chi connectivity index (χ3n) is 6.44. The molecule has 4 amide bonds. The molecule has 2 heterocycles. The van der Waals surface area contributed by atoms with E-state index >= 15 is 0 Å². The molecule has 1 saturated heterocycles. The fraction of sp³-hybridized carbons (Fsp3) is 0.500. The zero-order valence-electron chi connectivity index (χ0n) is 26.1. The van der Waals surface area contributed by atoms with Crippen LogP contribution in [0, 0.1) is 10.1 Å². The predicted molar refractivity (Wildman–Crippen MR) is 180 cm³/mol. The molecule has 3 rings (SSSR count). The third kappa shape index (κ3) is 13.1. The van der Waals surface area contributed by atoms with Gasteiger partial charge in [0.05, 0.1) is 10.8 Å². The van der Waals surface area contributed by atoms with Crippen molar-refractivity contribution < 1.29 is 28.8 Å². The molecule has 250 valence electrons. The number of nitro groups is 1. The van der Waals surface area contributed by atoms with Gasteiger partial charge in [0.2, 0.25) is 11.8 Å². The number of rotatable bonds is 16. The number of pyridine rings is 1. The van der Waals surface area contributed by atoms with Crippen molar-refractivity contribution in [1.82, 2.24) is 25.8 Å². The lowest BCUT2D eigenvalue weighted by atomic mass is 10.1. The minimum atomic E-state index is -1.02. The van der Waals surface area contributed by atoms with Crippen LogP contribution in [0.5, 0.6) is 0 Å². The van der Waals surface area contributed by atoms with Gasteiger partial charge in [-0.3, -0.25) is 24.5 Å². The molecule has 0 spiro atoms. The molecule has 46 heavy (non-hydrogen) atoms. The number of carbonyl (C=O) groups excluding carboxylic acids is 4. The number of amides is 4. The quantitative estimate of drug-likeness (QED) is 0.0958. The summed E-state index contributed by atoms with van der Waals surface area (Å²) in [5.74, 6) is 1.31. The van der Waals surface area contributed by atoms with Crippen LogP contribution in [-0.4, -0.2) is 80.7 Å². The van der Waals surface area contributed by atoms with Crippen molar-refractivity contribution in [2.45, 2.75) is 69.7 Å². The van der Waals surface area contributed by atoms with Crippen molar-refractivity contribution in [3.8, 4) is 0 Å². The van der Waals surface area contributed by atoms with Crippen LogP contribution >= 0.6 is 33.3 Å². The summed E-state index contributed by atoms with van der Waals surface area (Å²) in [5, 5.41) is 19.7. The van der Waals surface area contributed by atoms with E-state index in [4.69, 9.17) is 4.74 Å². The number of benzene rings is 1. The van der Waals surface area contributed by atoms with E-state index in [-0.39, 0.29) is 34.8 Å². The largest absolute Gasteiger partial charge is 0.444 e. The molecule has 1 fully saturated rings. The molecule has 1 aliphatic heterocycles. The second-order valence-electron chi connectivity index (χ2n) is 11.3. The predicted octanol–water partition coefficient (Wildman–Crippen LogP) is 4.76. The summed E-state index contributed by atoms with van der Waals surface area (Å²) in [6.07, 6.45) is 3.58. The van der Waals surface area contributed by atoms with Gasteiger partial charge in [0.1, 0.15) is 11.6 Å². The van der Waals surface area contributed by atoms with Crippen LogP contribution in [0.15, 0.2) is 47.6 Å². The second-order valence-corrected chi connectivity index (χ2v) is 14.7. The van der Waals surface area contributed by atoms with Gasteiger partial charge >= 0.3 is 11.8 Å². The number of aromatic nitrogens is 1. The first-order valence-corrected chi connectivity index (χ1v) is 18.3. The van der Waals surface area contributed by atoms with Gasteiger partial charge in [-0.25, -0.2) is 9.78 Å². The lowest BCUT2D eigenvalue weighted by Gasteiger charge is -2.23. The Hall–Kier alpha value is -3.50. The average Bonchev–Trinajstić information content (AvgIpc) is 3.56. The van der Waals surface area contributed by atoms with E-state index in [0.29, 0.717) is 24.1 Å². The van der Waals surface area contributed by atoms with E-state index in [1.54, 1.807) is 56.8 Å². The van der Waals surface area contributed by atoms with Crippen LogP contribution in [0.25, 0.3) is 0 Å². The molecule has 0 saturated carbocycles. The number of alkyl carbamates (subject to hydrolysis) is 1.